The summed E-state index contributed by atoms with van der Waals surface area (Å²) < 4.78 is 5.75. The number of carbonyl (C=O) groups excluding carboxylic acids is 1. The van der Waals surface area contributed by atoms with Crippen LogP contribution in [0.5, 0.6) is 5.75 Å². The number of nitrogens with zero attached hydrogens (tertiary/aromatic N) is 4. The number of nitrogens with one attached hydrogen (secondary N) is 1. The van der Waals surface area contributed by atoms with Crippen molar-refractivity contribution in [2.24, 2.45) is 0 Å². The first-order valence-electron chi connectivity index (χ1n) is 11.7. The monoisotopic (exact) mass is 517 g/mol. The number of rotatable bonds is 6. The minimum Gasteiger partial charge on any atom is -0.494 e. The van der Waals surface area contributed by atoms with E-state index in [2.05, 4.69) is 56.5 Å². The fourth-order valence-corrected chi connectivity index (χ4v) is 4.93. The smallest absolute Gasteiger partial charge is 0.322 e. The van der Waals surface area contributed by atoms with Crippen LogP contribution in [-0.2, 0) is 6.42 Å². The highest BCUT2D eigenvalue weighted by atomic mass is 35.5. The van der Waals surface area contributed by atoms with E-state index in [1.165, 1.54) is 11.1 Å². The van der Waals surface area contributed by atoms with Gasteiger partial charge in [-0.05, 0) is 49.2 Å². The Hall–Kier alpha value is -2.74. The first-order chi connectivity index (χ1) is 16.1. The second kappa shape index (κ2) is 11.8. The Balaban J connectivity index is 0.00000171. The number of amides is 2. The lowest BCUT2D eigenvalue weighted by Gasteiger charge is -2.36. The molecule has 2 saturated heterocycles. The van der Waals surface area contributed by atoms with Gasteiger partial charge in [0.25, 0.3) is 0 Å². The molecule has 2 aromatic carbocycles. The zero-order valence-corrected chi connectivity index (χ0v) is 21.8. The summed E-state index contributed by atoms with van der Waals surface area (Å²) in [6, 6.07) is 16.7. The molecule has 0 atom stereocenters. The number of urea groups is 1. The number of carbonyl (C=O) groups is 1. The van der Waals surface area contributed by atoms with Crippen LogP contribution >= 0.6 is 24.8 Å². The predicted octanol–water partition coefficient (Wildman–Crippen LogP) is 4.29. The van der Waals surface area contributed by atoms with E-state index in [1.54, 1.807) is 12.0 Å². The topological polar surface area (TPSA) is 60.9 Å². The summed E-state index contributed by atoms with van der Waals surface area (Å²) in [6.07, 6.45) is 0.893. The van der Waals surface area contributed by atoms with Gasteiger partial charge in [-0.15, -0.1) is 24.8 Å². The number of methoxy groups -OCH3 is 1. The molecule has 0 aliphatic carbocycles. The summed E-state index contributed by atoms with van der Waals surface area (Å²) in [4.78, 5) is 23.6. The summed E-state index contributed by atoms with van der Waals surface area (Å²) in [5.41, 5.74) is 5.39. The van der Waals surface area contributed by atoms with Gasteiger partial charge in [0, 0.05) is 62.6 Å². The molecule has 0 bridgehead atoms. The SMILES string of the molecule is COc1c(CCN2CCN(c3cccc4nc(C)ccc34)CC2)cccc1N1CCNC1=O.Cl.Cl. The van der Waals surface area contributed by atoms with Gasteiger partial charge in [0.2, 0.25) is 0 Å². The van der Waals surface area contributed by atoms with Gasteiger partial charge in [0.05, 0.1) is 18.3 Å². The fraction of sp³-hybridized carbons (Fsp3) is 0.385. The Morgan fingerprint density at radius 1 is 0.943 bits per heavy atom. The molecule has 188 valence electrons. The van der Waals surface area contributed by atoms with E-state index >= 15 is 0 Å². The van der Waals surface area contributed by atoms with Crippen molar-refractivity contribution in [3.8, 4) is 5.75 Å². The molecule has 2 aliphatic heterocycles. The maximum absolute atomic E-state index is 12.1. The molecular weight excluding hydrogens is 485 g/mol. The Kier molecular flexibility index (Phi) is 9.05. The molecule has 2 fully saturated rings. The third-order valence-corrected chi connectivity index (χ3v) is 6.69. The zero-order valence-electron chi connectivity index (χ0n) is 20.2. The van der Waals surface area contributed by atoms with Crippen LogP contribution in [0.2, 0.25) is 0 Å². The standard InChI is InChI=1S/C26H31N5O2.2ClH/c1-19-9-10-21-22(28-19)6-4-7-23(21)30-17-15-29(16-18-30)13-11-20-5-3-8-24(25(20)33-2)31-14-12-27-26(31)32;;/h3-10H,11-18H2,1-2H3,(H,27,32);2*1H. The molecule has 1 aromatic heterocycles. The molecule has 5 rings (SSSR count). The number of piperazine rings is 1. The summed E-state index contributed by atoms with van der Waals surface area (Å²) >= 11 is 0. The molecule has 7 nitrogen and oxygen atoms in total. The average Bonchev–Trinajstić information content (AvgIpc) is 3.27. The van der Waals surface area contributed by atoms with Crippen molar-refractivity contribution in [3.63, 3.8) is 0 Å². The number of benzene rings is 2. The van der Waals surface area contributed by atoms with Gasteiger partial charge in [0.1, 0.15) is 5.75 Å². The second-order valence-corrected chi connectivity index (χ2v) is 8.73. The molecular formula is C26H33Cl2N5O2. The van der Waals surface area contributed by atoms with Gasteiger partial charge in [-0.3, -0.25) is 14.8 Å². The van der Waals surface area contributed by atoms with E-state index in [1.807, 2.05) is 19.1 Å². The molecule has 0 radical (unpaired) electrons. The molecule has 1 N–H and O–H groups in total. The Morgan fingerprint density at radius 2 is 1.69 bits per heavy atom. The molecule has 35 heavy (non-hydrogen) atoms. The average molecular weight is 518 g/mol. The van der Waals surface area contributed by atoms with E-state index in [0.717, 1.165) is 67.4 Å². The molecule has 0 unspecified atom stereocenters. The van der Waals surface area contributed by atoms with Gasteiger partial charge >= 0.3 is 6.03 Å². The molecule has 9 heteroatoms. The molecule has 2 amide bonds. The highest BCUT2D eigenvalue weighted by molar-refractivity contribution is 5.96. The number of fused-ring (bicyclic) bond motifs is 1. The van der Waals surface area contributed by atoms with Crippen molar-refractivity contribution in [1.29, 1.82) is 0 Å². The molecule has 0 saturated carbocycles. The van der Waals surface area contributed by atoms with E-state index in [0.29, 0.717) is 13.1 Å². The van der Waals surface area contributed by atoms with Crippen LogP contribution in [0.15, 0.2) is 48.5 Å². The lowest BCUT2D eigenvalue weighted by atomic mass is 10.1. The third-order valence-electron chi connectivity index (χ3n) is 6.69. The van der Waals surface area contributed by atoms with E-state index in [-0.39, 0.29) is 30.8 Å². The van der Waals surface area contributed by atoms with Crippen LogP contribution in [0, 0.1) is 6.92 Å². The van der Waals surface area contributed by atoms with Crippen molar-refractivity contribution >= 4 is 53.1 Å². The van der Waals surface area contributed by atoms with Crippen molar-refractivity contribution in [1.82, 2.24) is 15.2 Å². The Bertz CT molecular complexity index is 1170. The summed E-state index contributed by atoms with van der Waals surface area (Å²) in [7, 11) is 1.69. The number of hydrogen-bond acceptors (Lipinski definition) is 5. The maximum atomic E-state index is 12.1. The van der Waals surface area contributed by atoms with Crippen LogP contribution < -0.4 is 19.9 Å². The number of aryl methyl sites for hydroxylation is 1. The molecule has 0 spiro atoms. The number of halogens is 2. The quantitative estimate of drug-likeness (QED) is 0.528. The number of pyridine rings is 1. The lowest BCUT2D eigenvalue weighted by Crippen LogP contribution is -2.47. The van der Waals surface area contributed by atoms with Gasteiger partial charge in [0.15, 0.2) is 0 Å². The van der Waals surface area contributed by atoms with Crippen molar-refractivity contribution in [2.75, 3.05) is 62.7 Å². The Labute approximate surface area is 219 Å². The number of aromatic nitrogens is 1. The van der Waals surface area contributed by atoms with Gasteiger partial charge in [-0.25, -0.2) is 4.79 Å². The summed E-state index contributed by atoms with van der Waals surface area (Å²) in [5.74, 6) is 0.812. The van der Waals surface area contributed by atoms with Crippen LogP contribution in [0.3, 0.4) is 0 Å². The van der Waals surface area contributed by atoms with E-state index in [9.17, 15) is 4.79 Å². The number of ether oxygens (including phenoxy) is 1. The lowest BCUT2D eigenvalue weighted by molar-refractivity contribution is 0.252. The largest absolute Gasteiger partial charge is 0.494 e. The molecule has 2 aliphatic rings. The third kappa shape index (κ3) is 5.58. The first-order valence-corrected chi connectivity index (χ1v) is 11.7. The van der Waals surface area contributed by atoms with Crippen molar-refractivity contribution in [2.45, 2.75) is 13.3 Å². The number of para-hydroxylation sites is 1. The fourth-order valence-electron chi connectivity index (χ4n) is 4.93. The van der Waals surface area contributed by atoms with E-state index in [4.69, 9.17) is 4.74 Å². The summed E-state index contributed by atoms with van der Waals surface area (Å²) in [5, 5.41) is 4.09. The second-order valence-electron chi connectivity index (χ2n) is 8.73. The Morgan fingerprint density at radius 3 is 2.40 bits per heavy atom. The van der Waals surface area contributed by atoms with Crippen LogP contribution in [0.1, 0.15) is 11.3 Å². The van der Waals surface area contributed by atoms with Gasteiger partial charge in [-0.1, -0.05) is 18.2 Å². The zero-order chi connectivity index (χ0) is 22.8. The van der Waals surface area contributed by atoms with Crippen LogP contribution in [0.25, 0.3) is 10.9 Å². The highest BCUT2D eigenvalue weighted by Gasteiger charge is 2.25. The number of hydrogen-bond donors (Lipinski definition) is 1. The van der Waals surface area contributed by atoms with Gasteiger partial charge < -0.3 is 15.0 Å². The summed E-state index contributed by atoms with van der Waals surface area (Å²) in [6.45, 7) is 8.38. The minimum atomic E-state index is -0.0552. The maximum Gasteiger partial charge on any atom is 0.322 e. The number of anilines is 2. The first kappa shape index (κ1) is 26.9. The van der Waals surface area contributed by atoms with Crippen molar-refractivity contribution in [3.05, 3.63) is 59.8 Å². The van der Waals surface area contributed by atoms with E-state index < -0.39 is 0 Å². The predicted molar refractivity (Wildman–Crippen MR) is 147 cm³/mol. The van der Waals surface area contributed by atoms with Crippen molar-refractivity contribution < 1.29 is 9.53 Å². The normalized spacial score (nSPS) is 16.0. The highest BCUT2D eigenvalue weighted by Crippen LogP contribution is 2.33. The van der Waals surface area contributed by atoms with Gasteiger partial charge in [-0.2, -0.15) is 0 Å². The minimum absolute atomic E-state index is 0. The van der Waals surface area contributed by atoms with Crippen LogP contribution in [-0.4, -0.2) is 68.8 Å². The molecule has 3 heterocycles. The molecule has 3 aromatic rings. The van der Waals surface area contributed by atoms with Crippen LogP contribution in [0.4, 0.5) is 16.2 Å².